The van der Waals surface area contributed by atoms with E-state index in [4.69, 9.17) is 4.74 Å². The number of likely N-dealkylation sites (tertiary alicyclic amines) is 1. The van der Waals surface area contributed by atoms with E-state index in [2.05, 4.69) is 24.8 Å². The molecule has 3 aromatic heterocycles. The lowest BCUT2D eigenvalue weighted by Crippen LogP contribution is -2.31. The Balaban J connectivity index is 1.36. The quantitative estimate of drug-likeness (QED) is 0.377. The van der Waals surface area contributed by atoms with Crippen LogP contribution >= 0.6 is 0 Å². The molecule has 5 rings (SSSR count). The first-order valence-corrected chi connectivity index (χ1v) is 12.1. The highest BCUT2D eigenvalue weighted by Crippen LogP contribution is 2.32. The molecule has 0 bridgehead atoms. The van der Waals surface area contributed by atoms with Gasteiger partial charge >= 0.3 is 5.69 Å². The third-order valence-corrected chi connectivity index (χ3v) is 6.49. The summed E-state index contributed by atoms with van der Waals surface area (Å²) in [4.78, 5) is 29.2. The molecule has 1 aliphatic heterocycles. The van der Waals surface area contributed by atoms with Crippen molar-refractivity contribution in [2.75, 3.05) is 26.2 Å². The average Bonchev–Trinajstić information content (AvgIpc) is 3.23. The summed E-state index contributed by atoms with van der Waals surface area (Å²) in [7, 11) is 0. The van der Waals surface area contributed by atoms with Crippen LogP contribution in [0.1, 0.15) is 51.1 Å². The number of nitrogens with zero attached hydrogens (tertiary/aromatic N) is 3. The SMILES string of the molecule is CC(C)c1nc2cc(F)c(-c3ccc(OCCCN4CCCCC4)nc3)cc2c2[nH]c(=O)[nH]c12. The van der Waals surface area contributed by atoms with Gasteiger partial charge in [-0.1, -0.05) is 20.3 Å². The molecule has 0 saturated carbocycles. The van der Waals surface area contributed by atoms with Crippen LogP contribution in [-0.4, -0.2) is 51.1 Å². The molecular formula is C26H30FN5O2. The summed E-state index contributed by atoms with van der Waals surface area (Å²) in [5, 5.41) is 0.687. The fourth-order valence-corrected chi connectivity index (χ4v) is 4.73. The van der Waals surface area contributed by atoms with Gasteiger partial charge in [0.25, 0.3) is 0 Å². The zero-order chi connectivity index (χ0) is 23.7. The highest BCUT2D eigenvalue weighted by atomic mass is 19.1. The maximum atomic E-state index is 15.1. The van der Waals surface area contributed by atoms with E-state index in [1.54, 1.807) is 18.3 Å². The Morgan fingerprint density at radius 2 is 1.91 bits per heavy atom. The Labute approximate surface area is 197 Å². The van der Waals surface area contributed by atoms with Gasteiger partial charge in [-0.05, 0) is 50.4 Å². The van der Waals surface area contributed by atoms with Crippen molar-refractivity contribution in [3.63, 3.8) is 0 Å². The first-order chi connectivity index (χ1) is 16.5. The predicted molar refractivity (Wildman–Crippen MR) is 132 cm³/mol. The molecule has 4 heterocycles. The van der Waals surface area contributed by atoms with Gasteiger partial charge in [-0.25, -0.2) is 14.2 Å². The van der Waals surface area contributed by atoms with Crippen LogP contribution in [0.4, 0.5) is 4.39 Å². The smallest absolute Gasteiger partial charge is 0.323 e. The van der Waals surface area contributed by atoms with Crippen LogP contribution in [0.3, 0.4) is 0 Å². The fourth-order valence-electron chi connectivity index (χ4n) is 4.73. The van der Waals surface area contributed by atoms with Crippen molar-refractivity contribution in [2.45, 2.75) is 45.4 Å². The number of pyridine rings is 2. The van der Waals surface area contributed by atoms with Crippen LogP contribution in [0, 0.1) is 5.82 Å². The zero-order valence-corrected chi connectivity index (χ0v) is 19.7. The second-order valence-corrected chi connectivity index (χ2v) is 9.32. The van der Waals surface area contributed by atoms with Gasteiger partial charge in [0, 0.05) is 41.4 Å². The fraction of sp³-hybridized carbons (Fsp3) is 0.423. The summed E-state index contributed by atoms with van der Waals surface area (Å²) in [5.74, 6) is 0.228. The molecule has 2 N–H and O–H groups in total. The lowest BCUT2D eigenvalue weighted by molar-refractivity contribution is 0.203. The molecule has 1 fully saturated rings. The number of nitrogens with one attached hydrogen (secondary N) is 2. The van der Waals surface area contributed by atoms with Crippen LogP contribution in [0.5, 0.6) is 5.88 Å². The average molecular weight is 464 g/mol. The Kier molecular flexibility index (Phi) is 6.32. The van der Waals surface area contributed by atoms with Crippen molar-refractivity contribution in [3.05, 3.63) is 52.5 Å². The van der Waals surface area contributed by atoms with Crippen molar-refractivity contribution < 1.29 is 9.13 Å². The van der Waals surface area contributed by atoms with E-state index in [9.17, 15) is 4.79 Å². The van der Waals surface area contributed by atoms with Crippen molar-refractivity contribution in [3.8, 4) is 17.0 Å². The Hall–Kier alpha value is -3.26. The number of rotatable bonds is 7. The number of benzene rings is 1. The number of piperidine rings is 1. The number of ether oxygens (including phenoxy) is 1. The summed E-state index contributed by atoms with van der Waals surface area (Å²) < 4.78 is 20.9. The zero-order valence-electron chi connectivity index (χ0n) is 19.7. The van der Waals surface area contributed by atoms with Crippen LogP contribution in [0.2, 0.25) is 0 Å². The molecule has 8 heteroatoms. The topological polar surface area (TPSA) is 86.9 Å². The van der Waals surface area contributed by atoms with Gasteiger partial charge in [-0.2, -0.15) is 0 Å². The van der Waals surface area contributed by atoms with Gasteiger partial charge in [-0.15, -0.1) is 0 Å². The number of fused-ring (bicyclic) bond motifs is 3. The van der Waals surface area contributed by atoms with Crippen LogP contribution < -0.4 is 10.4 Å². The Morgan fingerprint density at radius 3 is 2.65 bits per heavy atom. The van der Waals surface area contributed by atoms with E-state index in [-0.39, 0.29) is 17.4 Å². The number of hydrogen-bond acceptors (Lipinski definition) is 5. The van der Waals surface area contributed by atoms with Crippen molar-refractivity contribution in [1.29, 1.82) is 0 Å². The second-order valence-electron chi connectivity index (χ2n) is 9.32. The number of halogens is 1. The lowest BCUT2D eigenvalue weighted by Gasteiger charge is -2.26. The summed E-state index contributed by atoms with van der Waals surface area (Å²) >= 11 is 0. The molecule has 34 heavy (non-hydrogen) atoms. The largest absolute Gasteiger partial charge is 0.478 e. The normalized spacial score (nSPS) is 14.9. The molecule has 0 atom stereocenters. The van der Waals surface area contributed by atoms with Gasteiger partial charge in [-0.3, -0.25) is 4.98 Å². The summed E-state index contributed by atoms with van der Waals surface area (Å²) in [6.07, 6.45) is 6.49. The van der Waals surface area contributed by atoms with Crippen molar-refractivity contribution in [2.24, 2.45) is 0 Å². The molecule has 0 unspecified atom stereocenters. The minimum Gasteiger partial charge on any atom is -0.478 e. The van der Waals surface area contributed by atoms with E-state index in [1.807, 2.05) is 19.9 Å². The van der Waals surface area contributed by atoms with E-state index >= 15 is 4.39 Å². The number of hydrogen-bond donors (Lipinski definition) is 2. The summed E-state index contributed by atoms with van der Waals surface area (Å²) in [6, 6.07) is 6.73. The molecule has 1 saturated heterocycles. The Morgan fingerprint density at radius 1 is 1.12 bits per heavy atom. The molecular weight excluding hydrogens is 433 g/mol. The number of aromatic amines is 2. The van der Waals surface area contributed by atoms with E-state index in [1.165, 1.54) is 38.4 Å². The molecule has 1 aliphatic rings. The molecule has 7 nitrogen and oxygen atoms in total. The van der Waals surface area contributed by atoms with Gasteiger partial charge < -0.3 is 19.6 Å². The van der Waals surface area contributed by atoms with Gasteiger partial charge in [0.1, 0.15) is 5.82 Å². The van der Waals surface area contributed by atoms with Gasteiger partial charge in [0.15, 0.2) is 0 Å². The highest BCUT2D eigenvalue weighted by Gasteiger charge is 2.17. The molecule has 0 amide bonds. The Bertz CT molecular complexity index is 1350. The summed E-state index contributed by atoms with van der Waals surface area (Å²) in [6.45, 7) is 8.00. The molecule has 0 spiro atoms. The van der Waals surface area contributed by atoms with E-state index in [0.717, 1.165) is 18.7 Å². The molecule has 1 aromatic carbocycles. The third-order valence-electron chi connectivity index (χ3n) is 6.49. The maximum Gasteiger partial charge on any atom is 0.323 e. The molecule has 4 aromatic rings. The van der Waals surface area contributed by atoms with Crippen molar-refractivity contribution in [1.82, 2.24) is 24.8 Å². The van der Waals surface area contributed by atoms with E-state index < -0.39 is 0 Å². The minimum atomic E-state index is -0.385. The highest BCUT2D eigenvalue weighted by molar-refractivity contribution is 6.04. The van der Waals surface area contributed by atoms with Crippen LogP contribution in [0.15, 0.2) is 35.3 Å². The summed E-state index contributed by atoms with van der Waals surface area (Å²) in [5.41, 5.74) is 3.28. The first kappa shape index (κ1) is 22.5. The van der Waals surface area contributed by atoms with E-state index in [0.29, 0.717) is 45.6 Å². The molecule has 0 aliphatic carbocycles. The number of aromatic nitrogens is 4. The molecule has 0 radical (unpaired) electrons. The van der Waals surface area contributed by atoms with Gasteiger partial charge in [0.2, 0.25) is 5.88 Å². The minimum absolute atomic E-state index is 0.0812. The third kappa shape index (κ3) is 4.55. The van der Waals surface area contributed by atoms with Crippen LogP contribution in [0.25, 0.3) is 33.1 Å². The standard InChI is InChI=1S/C26H30FN5O2/c1-16(2)23-25-24(30-26(33)31-25)19-13-18(20(27)14-21(19)29-23)17-7-8-22(28-15-17)34-12-6-11-32-9-4-3-5-10-32/h7-8,13-16H,3-6,9-12H2,1-2H3,(H2,30,31,33). The second kappa shape index (κ2) is 9.54. The lowest BCUT2D eigenvalue weighted by atomic mass is 10.0. The number of imidazole rings is 1. The first-order valence-electron chi connectivity index (χ1n) is 12.1. The monoisotopic (exact) mass is 463 g/mol. The van der Waals surface area contributed by atoms with Crippen molar-refractivity contribution >= 4 is 21.9 Å². The number of H-pyrrole nitrogens is 2. The van der Waals surface area contributed by atoms with Crippen LogP contribution in [-0.2, 0) is 0 Å². The molecule has 178 valence electrons. The maximum absolute atomic E-state index is 15.1. The predicted octanol–water partition coefficient (Wildman–Crippen LogP) is 4.98. The van der Waals surface area contributed by atoms with Gasteiger partial charge in [0.05, 0.1) is 28.9 Å².